The lowest BCUT2D eigenvalue weighted by atomic mass is 9.90. The van der Waals surface area contributed by atoms with Crippen molar-refractivity contribution in [2.24, 2.45) is 0 Å². The van der Waals surface area contributed by atoms with Gasteiger partial charge < -0.3 is 4.57 Å². The number of nitrogens with one attached hydrogen (secondary N) is 1. The molecule has 0 bridgehead atoms. The number of carbonyl (C=O) groups excluding carboxylic acids is 1. The van der Waals surface area contributed by atoms with Crippen LogP contribution in [0.15, 0.2) is 73.1 Å². The van der Waals surface area contributed by atoms with E-state index in [9.17, 15) is 9.18 Å². The number of rotatable bonds is 6. The van der Waals surface area contributed by atoms with Gasteiger partial charge in [0.25, 0.3) is 5.91 Å². The summed E-state index contributed by atoms with van der Waals surface area (Å²) < 4.78 is 16.1. The number of halogens is 1. The molecule has 0 aliphatic carbocycles. The highest BCUT2D eigenvalue weighted by atomic mass is 19.1. The van der Waals surface area contributed by atoms with E-state index in [1.807, 2.05) is 36.7 Å². The molecule has 0 unspecified atom stereocenters. The Kier molecular flexibility index (Phi) is 6.38. The highest BCUT2D eigenvalue weighted by Crippen LogP contribution is 2.30. The summed E-state index contributed by atoms with van der Waals surface area (Å²) in [5.41, 5.74) is 6.05. The summed E-state index contributed by atoms with van der Waals surface area (Å²) in [4.78, 5) is 18.6. The first kappa shape index (κ1) is 22.3. The third-order valence-electron chi connectivity index (χ3n) is 6.70. The summed E-state index contributed by atoms with van der Waals surface area (Å²) in [5.74, 6) is -0.192. The predicted octanol–water partition coefficient (Wildman–Crippen LogP) is 4.72. The predicted molar refractivity (Wildman–Crippen MR) is 128 cm³/mol. The Labute approximate surface area is 197 Å². The fraction of sp³-hybridized carbons (Fsp3) is 0.259. The molecule has 6 nitrogen and oxygen atoms in total. The number of hydrogen-bond donors (Lipinski definition) is 2. The number of carbonyl (C=O) groups is 1. The molecule has 2 N–H and O–H groups in total. The third-order valence-corrected chi connectivity index (χ3v) is 6.70. The van der Waals surface area contributed by atoms with Crippen molar-refractivity contribution in [3.8, 4) is 0 Å². The second kappa shape index (κ2) is 9.75. The SMILES string of the molecule is O=C(NO)c1ccc(Cn2ccc3cc(C4CCN(Cc5ccccc5F)CC4)cnc32)cc1. The fourth-order valence-corrected chi connectivity index (χ4v) is 4.76. The summed E-state index contributed by atoms with van der Waals surface area (Å²) in [6, 6.07) is 18.5. The summed E-state index contributed by atoms with van der Waals surface area (Å²) in [5, 5.41) is 9.87. The third kappa shape index (κ3) is 4.71. The van der Waals surface area contributed by atoms with Crippen molar-refractivity contribution >= 4 is 16.9 Å². The van der Waals surface area contributed by atoms with Crippen LogP contribution in [0.4, 0.5) is 4.39 Å². The van der Waals surface area contributed by atoms with Crippen molar-refractivity contribution in [3.05, 3.63) is 101 Å². The molecule has 7 heteroatoms. The van der Waals surface area contributed by atoms with Crippen molar-refractivity contribution in [3.63, 3.8) is 0 Å². The van der Waals surface area contributed by atoms with E-state index in [1.54, 1.807) is 23.7 Å². The number of fused-ring (bicyclic) bond motifs is 1. The van der Waals surface area contributed by atoms with Crippen LogP contribution < -0.4 is 5.48 Å². The monoisotopic (exact) mass is 458 g/mol. The van der Waals surface area contributed by atoms with E-state index in [4.69, 9.17) is 10.2 Å². The molecule has 1 aliphatic rings. The largest absolute Gasteiger partial charge is 0.328 e. The van der Waals surface area contributed by atoms with Crippen LogP contribution >= 0.6 is 0 Å². The smallest absolute Gasteiger partial charge is 0.274 e. The molecular weight excluding hydrogens is 431 g/mol. The lowest BCUT2D eigenvalue weighted by Crippen LogP contribution is -2.32. The van der Waals surface area contributed by atoms with E-state index in [0.29, 0.717) is 24.6 Å². The van der Waals surface area contributed by atoms with Crippen molar-refractivity contribution in [2.45, 2.75) is 31.8 Å². The van der Waals surface area contributed by atoms with E-state index in [-0.39, 0.29) is 5.82 Å². The van der Waals surface area contributed by atoms with Gasteiger partial charge in [-0.2, -0.15) is 0 Å². The van der Waals surface area contributed by atoms with Crippen LogP contribution in [-0.2, 0) is 13.1 Å². The summed E-state index contributed by atoms with van der Waals surface area (Å²) in [6.07, 6.45) is 6.10. The van der Waals surface area contributed by atoms with E-state index >= 15 is 0 Å². The van der Waals surface area contributed by atoms with Crippen LogP contribution in [0.5, 0.6) is 0 Å². The molecule has 174 valence electrons. The molecule has 3 heterocycles. The number of hydroxylamine groups is 1. The molecule has 1 aliphatic heterocycles. The van der Waals surface area contributed by atoms with Gasteiger partial charge in [0, 0.05) is 42.0 Å². The minimum Gasteiger partial charge on any atom is -0.328 e. The molecule has 1 fully saturated rings. The number of benzene rings is 2. The van der Waals surface area contributed by atoms with Gasteiger partial charge >= 0.3 is 0 Å². The van der Waals surface area contributed by atoms with Gasteiger partial charge in [0.05, 0.1) is 0 Å². The van der Waals surface area contributed by atoms with Crippen LogP contribution in [0.25, 0.3) is 11.0 Å². The topological polar surface area (TPSA) is 70.4 Å². The maximum absolute atomic E-state index is 14.0. The number of pyridine rings is 1. The second-order valence-electron chi connectivity index (χ2n) is 8.90. The second-order valence-corrected chi connectivity index (χ2v) is 8.90. The van der Waals surface area contributed by atoms with Gasteiger partial charge in [0.2, 0.25) is 0 Å². The number of hydrogen-bond acceptors (Lipinski definition) is 4. The summed E-state index contributed by atoms with van der Waals surface area (Å²) in [7, 11) is 0. The van der Waals surface area contributed by atoms with Crippen LogP contribution in [0, 0.1) is 5.82 Å². The molecular formula is C27H27FN4O2. The Morgan fingerprint density at radius 1 is 1.06 bits per heavy atom. The molecule has 0 atom stereocenters. The number of piperidine rings is 1. The number of aromatic nitrogens is 2. The van der Waals surface area contributed by atoms with Gasteiger partial charge in [-0.05, 0) is 73.3 Å². The van der Waals surface area contributed by atoms with Crippen LogP contribution in [-0.4, -0.2) is 38.7 Å². The molecule has 0 spiro atoms. The first-order chi connectivity index (χ1) is 16.6. The molecule has 4 aromatic rings. The van der Waals surface area contributed by atoms with Gasteiger partial charge in [-0.25, -0.2) is 14.9 Å². The Bertz CT molecular complexity index is 1290. The van der Waals surface area contributed by atoms with Gasteiger partial charge in [0.15, 0.2) is 0 Å². The maximum Gasteiger partial charge on any atom is 0.274 e. The van der Waals surface area contributed by atoms with Crippen LogP contribution in [0.3, 0.4) is 0 Å². The minimum atomic E-state index is -0.523. The highest BCUT2D eigenvalue weighted by Gasteiger charge is 2.22. The molecule has 0 saturated carbocycles. The van der Waals surface area contributed by atoms with Crippen molar-refractivity contribution in [1.29, 1.82) is 0 Å². The zero-order valence-electron chi connectivity index (χ0n) is 18.8. The average molecular weight is 459 g/mol. The van der Waals surface area contributed by atoms with E-state index in [0.717, 1.165) is 48.1 Å². The molecule has 1 saturated heterocycles. The molecule has 2 aromatic heterocycles. The highest BCUT2D eigenvalue weighted by molar-refractivity contribution is 5.93. The Morgan fingerprint density at radius 3 is 2.56 bits per heavy atom. The molecule has 34 heavy (non-hydrogen) atoms. The minimum absolute atomic E-state index is 0.129. The number of amides is 1. The van der Waals surface area contributed by atoms with Gasteiger partial charge in [-0.3, -0.25) is 14.9 Å². The summed E-state index contributed by atoms with van der Waals surface area (Å²) in [6.45, 7) is 3.20. The zero-order valence-corrected chi connectivity index (χ0v) is 18.8. The fourth-order valence-electron chi connectivity index (χ4n) is 4.76. The van der Waals surface area contributed by atoms with Crippen molar-refractivity contribution in [1.82, 2.24) is 19.9 Å². The quantitative estimate of drug-likeness (QED) is 0.324. The normalized spacial score (nSPS) is 15.0. The number of nitrogens with zero attached hydrogens (tertiary/aromatic N) is 3. The zero-order chi connectivity index (χ0) is 23.5. The van der Waals surface area contributed by atoms with Crippen LogP contribution in [0.1, 0.15) is 45.8 Å². The maximum atomic E-state index is 14.0. The van der Waals surface area contributed by atoms with E-state index < -0.39 is 5.91 Å². The van der Waals surface area contributed by atoms with Crippen molar-refractivity contribution in [2.75, 3.05) is 13.1 Å². The van der Waals surface area contributed by atoms with E-state index in [2.05, 4.69) is 21.6 Å². The molecule has 5 rings (SSSR count). The Hall–Kier alpha value is -3.55. The lowest BCUT2D eigenvalue weighted by Gasteiger charge is -2.32. The molecule has 2 aromatic carbocycles. The molecule has 1 amide bonds. The Balaban J connectivity index is 1.23. The summed E-state index contributed by atoms with van der Waals surface area (Å²) >= 11 is 0. The lowest BCUT2D eigenvalue weighted by molar-refractivity contribution is 0.0706. The van der Waals surface area contributed by atoms with Crippen molar-refractivity contribution < 1.29 is 14.4 Å². The standard InChI is InChI=1S/C27H27FN4O2/c28-25-4-2-1-3-23(25)18-31-12-9-20(10-13-31)24-15-22-11-14-32(26(22)29-16-24)17-19-5-7-21(8-6-19)27(33)30-34/h1-8,11,14-16,20,34H,9-10,12-13,17-18H2,(H,30,33). The molecule has 0 radical (unpaired) electrons. The average Bonchev–Trinajstić information content (AvgIpc) is 3.27. The van der Waals surface area contributed by atoms with Gasteiger partial charge in [-0.15, -0.1) is 0 Å². The van der Waals surface area contributed by atoms with Crippen LogP contribution in [0.2, 0.25) is 0 Å². The Morgan fingerprint density at radius 2 is 1.82 bits per heavy atom. The number of likely N-dealkylation sites (tertiary alicyclic amines) is 1. The van der Waals surface area contributed by atoms with Gasteiger partial charge in [-0.1, -0.05) is 30.3 Å². The first-order valence-electron chi connectivity index (χ1n) is 11.5. The van der Waals surface area contributed by atoms with Gasteiger partial charge in [0.1, 0.15) is 11.5 Å². The first-order valence-corrected chi connectivity index (χ1v) is 11.5. The van der Waals surface area contributed by atoms with E-state index in [1.165, 1.54) is 11.6 Å².